The third-order valence-corrected chi connectivity index (χ3v) is 7.65. The van der Waals surface area contributed by atoms with Crippen molar-refractivity contribution >= 4 is 23.0 Å². The third kappa shape index (κ3) is 7.15. The summed E-state index contributed by atoms with van der Waals surface area (Å²) in [7, 11) is 0. The Morgan fingerprint density at radius 3 is 2.22 bits per heavy atom. The van der Waals surface area contributed by atoms with E-state index in [2.05, 4.69) is 55.3 Å². The van der Waals surface area contributed by atoms with Crippen LogP contribution in [-0.4, -0.2) is 66.2 Å². The summed E-state index contributed by atoms with van der Waals surface area (Å²) in [6.45, 7) is 11.9. The van der Waals surface area contributed by atoms with Gasteiger partial charge < -0.3 is 19.9 Å². The first-order chi connectivity index (χ1) is 17.6. The van der Waals surface area contributed by atoms with Crippen LogP contribution < -0.4 is 15.4 Å². The molecule has 2 aromatic carbocycles. The molecule has 2 aliphatic rings. The normalized spacial score (nSPS) is 20.6. The van der Waals surface area contributed by atoms with Gasteiger partial charge in [0, 0.05) is 43.6 Å². The minimum Gasteiger partial charge on any atom is -0.382 e. The summed E-state index contributed by atoms with van der Waals surface area (Å²) in [6.07, 6.45) is 3.89. The number of ether oxygens (including phenoxy) is 1. The molecule has 37 heavy (non-hydrogen) atoms. The van der Waals surface area contributed by atoms with Gasteiger partial charge >= 0.3 is 0 Å². The number of aryl methyl sites for hydroxylation is 1. The maximum absolute atomic E-state index is 12.8. The Balaban J connectivity index is 1.16. The zero-order chi connectivity index (χ0) is 26.6. The van der Waals surface area contributed by atoms with E-state index < -0.39 is 0 Å². The number of anilines is 3. The van der Waals surface area contributed by atoms with Gasteiger partial charge in [-0.25, -0.2) is 0 Å². The molecular formula is C29H42N4O4. The standard InChI is InChI=1S/C29H42N4O4/c1-21-19-25(33(35)36)11-14-27(21)30-23-7-12-26(13-8-23)37-20-28(34)32-17-15-31(16-18-32)24-9-5-22(6-10-24)29(2,3)4/h5-6,9-11,14,19,23,26,30,35-36H,7-8,12-13,15-18,20H2,1-4H3. The first-order valence-electron chi connectivity index (χ1n) is 13.4. The molecule has 0 unspecified atom stereocenters. The van der Waals surface area contributed by atoms with Gasteiger partial charge in [0.05, 0.1) is 11.8 Å². The summed E-state index contributed by atoms with van der Waals surface area (Å²) in [4.78, 5) is 17.1. The summed E-state index contributed by atoms with van der Waals surface area (Å²) in [5.41, 5.74) is 4.98. The molecule has 1 amide bonds. The van der Waals surface area contributed by atoms with E-state index in [1.807, 2.05) is 17.9 Å². The van der Waals surface area contributed by atoms with Gasteiger partial charge in [-0.05, 0) is 79.5 Å². The van der Waals surface area contributed by atoms with Crippen molar-refractivity contribution in [1.29, 1.82) is 0 Å². The van der Waals surface area contributed by atoms with Gasteiger partial charge in [-0.1, -0.05) is 32.9 Å². The number of rotatable bonds is 7. The Morgan fingerprint density at radius 1 is 1.00 bits per heavy atom. The lowest BCUT2D eigenvalue weighted by atomic mass is 9.87. The molecule has 0 bridgehead atoms. The summed E-state index contributed by atoms with van der Waals surface area (Å²) < 4.78 is 6.03. The minimum atomic E-state index is 0.0838. The molecule has 2 aromatic rings. The van der Waals surface area contributed by atoms with Crippen LogP contribution in [0.5, 0.6) is 0 Å². The Labute approximate surface area is 220 Å². The summed E-state index contributed by atoms with van der Waals surface area (Å²) in [6, 6.07) is 14.4. The fourth-order valence-corrected chi connectivity index (χ4v) is 5.19. The van der Waals surface area contributed by atoms with E-state index in [1.165, 1.54) is 11.3 Å². The molecule has 1 aliphatic carbocycles. The van der Waals surface area contributed by atoms with Crippen LogP contribution in [0.2, 0.25) is 0 Å². The second-order valence-electron chi connectivity index (χ2n) is 11.4. The molecule has 1 aliphatic heterocycles. The number of carbonyl (C=O) groups excluding carboxylic acids is 1. The van der Waals surface area contributed by atoms with Gasteiger partial charge in [0.25, 0.3) is 0 Å². The predicted molar refractivity (Wildman–Crippen MR) is 147 cm³/mol. The fourth-order valence-electron chi connectivity index (χ4n) is 5.19. The van der Waals surface area contributed by atoms with E-state index in [1.54, 1.807) is 12.1 Å². The molecule has 0 spiro atoms. The maximum atomic E-state index is 12.8. The highest BCUT2D eigenvalue weighted by molar-refractivity contribution is 5.77. The highest BCUT2D eigenvalue weighted by Crippen LogP contribution is 2.28. The summed E-state index contributed by atoms with van der Waals surface area (Å²) >= 11 is 0. The predicted octanol–water partition coefficient (Wildman–Crippen LogP) is 4.97. The molecule has 202 valence electrons. The van der Waals surface area contributed by atoms with E-state index in [0.717, 1.165) is 63.1 Å². The average molecular weight is 511 g/mol. The lowest BCUT2D eigenvalue weighted by Crippen LogP contribution is -2.50. The van der Waals surface area contributed by atoms with Gasteiger partial charge in [-0.2, -0.15) is 0 Å². The number of nitrogens with zero attached hydrogens (tertiary/aromatic N) is 3. The van der Waals surface area contributed by atoms with Gasteiger partial charge in [0.2, 0.25) is 5.91 Å². The largest absolute Gasteiger partial charge is 0.382 e. The Hall–Kier alpha value is -2.81. The van der Waals surface area contributed by atoms with E-state index in [-0.39, 0.29) is 29.3 Å². The average Bonchev–Trinajstić information content (AvgIpc) is 2.89. The van der Waals surface area contributed by atoms with Gasteiger partial charge in [0.1, 0.15) is 6.61 Å². The Morgan fingerprint density at radius 2 is 1.65 bits per heavy atom. The first-order valence-corrected chi connectivity index (χ1v) is 13.4. The summed E-state index contributed by atoms with van der Waals surface area (Å²) in [5, 5.41) is 22.0. The molecule has 1 heterocycles. The highest BCUT2D eigenvalue weighted by atomic mass is 16.8. The van der Waals surface area contributed by atoms with Crippen molar-refractivity contribution in [1.82, 2.24) is 4.90 Å². The van der Waals surface area contributed by atoms with E-state index >= 15 is 0 Å². The molecule has 0 radical (unpaired) electrons. The second-order valence-corrected chi connectivity index (χ2v) is 11.4. The summed E-state index contributed by atoms with van der Waals surface area (Å²) in [5.74, 6) is 0.0838. The molecule has 2 fully saturated rings. The number of benzene rings is 2. The van der Waals surface area contributed by atoms with Crippen molar-refractivity contribution in [3.63, 3.8) is 0 Å². The number of nitrogens with one attached hydrogen (secondary N) is 1. The number of carbonyl (C=O) groups is 1. The van der Waals surface area contributed by atoms with E-state index in [9.17, 15) is 15.2 Å². The SMILES string of the molecule is Cc1cc(N(O)O)ccc1NC1CCC(OCC(=O)N2CCN(c3ccc(C(C)(C)C)cc3)CC2)CC1. The quantitative estimate of drug-likeness (QED) is 0.454. The Bertz CT molecular complexity index is 1030. The van der Waals surface area contributed by atoms with Crippen molar-refractivity contribution in [3.05, 3.63) is 53.6 Å². The molecule has 1 saturated carbocycles. The van der Waals surface area contributed by atoms with Crippen molar-refractivity contribution in [3.8, 4) is 0 Å². The number of amides is 1. The van der Waals surface area contributed by atoms with Crippen LogP contribution in [-0.2, 0) is 14.9 Å². The van der Waals surface area contributed by atoms with Crippen LogP contribution in [0.4, 0.5) is 17.1 Å². The third-order valence-electron chi connectivity index (χ3n) is 7.65. The minimum absolute atomic E-state index is 0.0838. The van der Waals surface area contributed by atoms with Crippen LogP contribution in [0.15, 0.2) is 42.5 Å². The second kappa shape index (κ2) is 11.7. The van der Waals surface area contributed by atoms with Gasteiger partial charge in [0.15, 0.2) is 0 Å². The molecule has 0 aromatic heterocycles. The number of hydrogen-bond donors (Lipinski definition) is 3. The molecule has 0 atom stereocenters. The molecule has 3 N–H and O–H groups in total. The lowest BCUT2D eigenvalue weighted by molar-refractivity contribution is -0.139. The number of hydrogen-bond acceptors (Lipinski definition) is 7. The van der Waals surface area contributed by atoms with Crippen LogP contribution >= 0.6 is 0 Å². The van der Waals surface area contributed by atoms with Crippen molar-refractivity contribution in [2.75, 3.05) is 48.2 Å². The Kier molecular flexibility index (Phi) is 8.62. The maximum Gasteiger partial charge on any atom is 0.248 e. The zero-order valence-electron chi connectivity index (χ0n) is 22.6. The van der Waals surface area contributed by atoms with Crippen LogP contribution in [0.25, 0.3) is 0 Å². The zero-order valence-corrected chi connectivity index (χ0v) is 22.6. The van der Waals surface area contributed by atoms with E-state index in [0.29, 0.717) is 11.7 Å². The fraction of sp³-hybridized carbons (Fsp3) is 0.552. The van der Waals surface area contributed by atoms with Gasteiger partial charge in [-0.15, -0.1) is 5.23 Å². The smallest absolute Gasteiger partial charge is 0.248 e. The monoisotopic (exact) mass is 510 g/mol. The van der Waals surface area contributed by atoms with Crippen LogP contribution in [0.3, 0.4) is 0 Å². The van der Waals surface area contributed by atoms with Crippen molar-refractivity contribution in [2.45, 2.75) is 70.9 Å². The van der Waals surface area contributed by atoms with Crippen molar-refractivity contribution in [2.24, 2.45) is 0 Å². The number of piperazine rings is 1. The van der Waals surface area contributed by atoms with Crippen LogP contribution in [0.1, 0.15) is 57.6 Å². The first kappa shape index (κ1) is 27.2. The van der Waals surface area contributed by atoms with Crippen LogP contribution in [0, 0.1) is 6.92 Å². The lowest BCUT2D eigenvalue weighted by Gasteiger charge is -2.37. The molecule has 1 saturated heterocycles. The molecule has 8 nitrogen and oxygen atoms in total. The van der Waals surface area contributed by atoms with Gasteiger partial charge in [-0.3, -0.25) is 15.2 Å². The highest BCUT2D eigenvalue weighted by Gasteiger charge is 2.26. The van der Waals surface area contributed by atoms with Crippen molar-refractivity contribution < 1.29 is 19.9 Å². The molecule has 8 heteroatoms. The molecular weight excluding hydrogens is 468 g/mol. The molecule has 4 rings (SSSR count). The van der Waals surface area contributed by atoms with E-state index in [4.69, 9.17) is 4.74 Å². The topological polar surface area (TPSA) is 88.5 Å².